The number of fused-ring (bicyclic) bond motifs is 1. The first-order valence-electron chi connectivity index (χ1n) is 7.05. The smallest absolute Gasteiger partial charge is 0.318 e. The van der Waals surface area contributed by atoms with Crippen molar-refractivity contribution >= 4 is 21.8 Å². The second-order valence-corrected chi connectivity index (χ2v) is 8.22. The number of nitrogens with zero attached hydrogens (tertiary/aromatic N) is 3. The Bertz CT molecular complexity index is 545. The highest BCUT2D eigenvalue weighted by Gasteiger charge is 2.53. The standard InChI is InChI=1S/C12H20N3O4S/c1-2-13-11(16)10-9-15(4-3-14(10)12(13)17)5-7-20(18,19)8-6-15/h10H,2-9H2,1H3/q+1. The molecule has 0 aromatic carbocycles. The van der Waals surface area contributed by atoms with Crippen molar-refractivity contribution in [2.45, 2.75) is 13.0 Å². The summed E-state index contributed by atoms with van der Waals surface area (Å²) >= 11 is 0. The lowest BCUT2D eigenvalue weighted by molar-refractivity contribution is -0.930. The van der Waals surface area contributed by atoms with Gasteiger partial charge in [0.15, 0.2) is 15.9 Å². The molecule has 20 heavy (non-hydrogen) atoms. The fourth-order valence-electron chi connectivity index (χ4n) is 3.48. The predicted octanol–water partition coefficient (Wildman–Crippen LogP) is -1.10. The molecule has 3 fully saturated rings. The number of carbonyl (C=O) groups is 2. The van der Waals surface area contributed by atoms with Crippen LogP contribution in [-0.4, -0.2) is 91.5 Å². The van der Waals surface area contributed by atoms with E-state index in [9.17, 15) is 18.0 Å². The summed E-state index contributed by atoms with van der Waals surface area (Å²) in [7, 11) is -2.91. The molecule has 7 nitrogen and oxygen atoms in total. The van der Waals surface area contributed by atoms with Crippen molar-refractivity contribution in [2.24, 2.45) is 0 Å². The molecule has 1 unspecified atom stereocenters. The van der Waals surface area contributed by atoms with Gasteiger partial charge in [0, 0.05) is 6.54 Å². The summed E-state index contributed by atoms with van der Waals surface area (Å²) in [6, 6.07) is -0.581. The molecular formula is C12H20N3O4S+. The zero-order valence-corrected chi connectivity index (χ0v) is 12.4. The fraction of sp³-hybridized carbons (Fsp3) is 0.833. The van der Waals surface area contributed by atoms with Gasteiger partial charge in [0.2, 0.25) is 0 Å². The number of likely N-dealkylation sites (N-methyl/N-ethyl adjacent to an activating group) is 1. The third-order valence-corrected chi connectivity index (χ3v) is 6.46. The average molecular weight is 302 g/mol. The van der Waals surface area contributed by atoms with Gasteiger partial charge in [-0.2, -0.15) is 0 Å². The molecule has 0 aromatic rings. The van der Waals surface area contributed by atoms with Crippen LogP contribution in [0.3, 0.4) is 0 Å². The van der Waals surface area contributed by atoms with Crippen molar-refractivity contribution in [2.75, 3.05) is 50.8 Å². The van der Waals surface area contributed by atoms with Crippen LogP contribution in [0.4, 0.5) is 4.79 Å². The van der Waals surface area contributed by atoms with Gasteiger partial charge in [0.25, 0.3) is 5.91 Å². The van der Waals surface area contributed by atoms with Crippen LogP contribution in [0.5, 0.6) is 0 Å². The Balaban J connectivity index is 1.79. The van der Waals surface area contributed by atoms with E-state index in [1.807, 2.05) is 0 Å². The number of hydrogen-bond acceptors (Lipinski definition) is 4. The molecule has 3 aliphatic rings. The van der Waals surface area contributed by atoms with Gasteiger partial charge < -0.3 is 9.38 Å². The van der Waals surface area contributed by atoms with Gasteiger partial charge in [-0.05, 0) is 6.92 Å². The zero-order chi connectivity index (χ0) is 14.5. The molecule has 0 saturated carbocycles. The first-order chi connectivity index (χ1) is 9.37. The first-order valence-corrected chi connectivity index (χ1v) is 8.87. The second kappa shape index (κ2) is 4.42. The number of quaternary nitrogens is 1. The first kappa shape index (κ1) is 13.8. The second-order valence-electron chi connectivity index (χ2n) is 5.92. The number of imide groups is 1. The average Bonchev–Trinajstić information content (AvgIpc) is 2.65. The Morgan fingerprint density at radius 2 is 1.85 bits per heavy atom. The van der Waals surface area contributed by atoms with Crippen molar-refractivity contribution in [3.63, 3.8) is 0 Å². The molecule has 3 heterocycles. The molecule has 0 aliphatic carbocycles. The van der Waals surface area contributed by atoms with Crippen molar-refractivity contribution in [1.82, 2.24) is 9.80 Å². The normalized spacial score (nSPS) is 31.8. The molecule has 1 spiro atoms. The predicted molar refractivity (Wildman–Crippen MR) is 71.7 cm³/mol. The van der Waals surface area contributed by atoms with Gasteiger partial charge in [-0.3, -0.25) is 9.69 Å². The molecule has 3 aliphatic heterocycles. The van der Waals surface area contributed by atoms with Gasteiger partial charge in [-0.25, -0.2) is 13.2 Å². The summed E-state index contributed by atoms with van der Waals surface area (Å²) in [5.41, 5.74) is 0. The van der Waals surface area contributed by atoms with Crippen LogP contribution in [0.15, 0.2) is 0 Å². The van der Waals surface area contributed by atoms with E-state index in [0.717, 1.165) is 6.54 Å². The maximum atomic E-state index is 12.3. The fourth-order valence-corrected chi connectivity index (χ4v) is 5.01. The Morgan fingerprint density at radius 3 is 2.45 bits per heavy atom. The Labute approximate surface area is 118 Å². The number of sulfone groups is 1. The summed E-state index contributed by atoms with van der Waals surface area (Å²) in [6.45, 7) is 5.20. The molecule has 0 radical (unpaired) electrons. The van der Waals surface area contributed by atoms with E-state index in [-0.39, 0.29) is 23.4 Å². The van der Waals surface area contributed by atoms with Crippen molar-refractivity contribution in [3.8, 4) is 0 Å². The van der Waals surface area contributed by atoms with E-state index in [4.69, 9.17) is 0 Å². The number of amides is 3. The molecule has 112 valence electrons. The van der Waals surface area contributed by atoms with Crippen LogP contribution < -0.4 is 0 Å². The van der Waals surface area contributed by atoms with Gasteiger partial charge in [-0.15, -0.1) is 0 Å². The molecule has 0 aromatic heterocycles. The van der Waals surface area contributed by atoms with E-state index in [1.54, 1.807) is 11.8 Å². The third kappa shape index (κ3) is 2.01. The van der Waals surface area contributed by atoms with Crippen molar-refractivity contribution < 1.29 is 22.5 Å². The minimum Gasteiger partial charge on any atom is -0.318 e. The summed E-state index contributed by atoms with van der Waals surface area (Å²) in [5.74, 6) is 0.265. The maximum absolute atomic E-state index is 12.3. The minimum atomic E-state index is -2.91. The monoisotopic (exact) mass is 302 g/mol. The third-order valence-electron chi connectivity index (χ3n) is 4.85. The van der Waals surface area contributed by atoms with Crippen molar-refractivity contribution in [1.29, 1.82) is 0 Å². The molecule has 1 atom stereocenters. The lowest BCUT2D eigenvalue weighted by Crippen LogP contribution is -2.67. The topological polar surface area (TPSA) is 74.8 Å². The Hall–Kier alpha value is -1.15. The quantitative estimate of drug-likeness (QED) is 0.455. The Morgan fingerprint density at radius 1 is 1.20 bits per heavy atom. The van der Waals surface area contributed by atoms with Crippen LogP contribution in [0.25, 0.3) is 0 Å². The number of hydrogen-bond donors (Lipinski definition) is 0. The lowest BCUT2D eigenvalue weighted by atomic mass is 10.1. The summed E-state index contributed by atoms with van der Waals surface area (Å²) in [6.07, 6.45) is 0. The highest BCUT2D eigenvalue weighted by atomic mass is 32.2. The van der Waals surface area contributed by atoms with Crippen LogP contribution in [0.1, 0.15) is 6.92 Å². The lowest BCUT2D eigenvalue weighted by Gasteiger charge is -2.47. The van der Waals surface area contributed by atoms with Gasteiger partial charge >= 0.3 is 6.03 Å². The van der Waals surface area contributed by atoms with Crippen LogP contribution in [0.2, 0.25) is 0 Å². The highest BCUT2D eigenvalue weighted by molar-refractivity contribution is 7.91. The van der Waals surface area contributed by atoms with E-state index >= 15 is 0 Å². The molecule has 0 N–H and O–H groups in total. The number of piperazine rings is 1. The van der Waals surface area contributed by atoms with E-state index in [1.165, 1.54) is 4.90 Å². The number of carbonyl (C=O) groups excluding carboxylic acids is 2. The maximum Gasteiger partial charge on any atom is 0.327 e. The number of rotatable bonds is 1. The SMILES string of the molecule is CCN1C(=O)C2C[N+]3(CCN2C1=O)CCS(=O)(=O)CC3. The van der Waals surface area contributed by atoms with E-state index in [2.05, 4.69) is 0 Å². The summed E-state index contributed by atoms with van der Waals surface area (Å²) < 4.78 is 23.8. The molecule has 3 amide bonds. The van der Waals surface area contributed by atoms with Crippen molar-refractivity contribution in [3.05, 3.63) is 0 Å². The molecule has 8 heteroatoms. The van der Waals surface area contributed by atoms with E-state index in [0.29, 0.717) is 37.2 Å². The molecule has 0 bridgehead atoms. The molecular weight excluding hydrogens is 282 g/mol. The van der Waals surface area contributed by atoms with Gasteiger partial charge in [0.05, 0.1) is 37.7 Å². The zero-order valence-electron chi connectivity index (χ0n) is 11.6. The largest absolute Gasteiger partial charge is 0.327 e. The van der Waals surface area contributed by atoms with Gasteiger partial charge in [0.1, 0.15) is 6.54 Å². The molecule has 3 saturated heterocycles. The van der Waals surface area contributed by atoms with Crippen LogP contribution in [0, 0.1) is 0 Å². The van der Waals surface area contributed by atoms with Gasteiger partial charge in [-0.1, -0.05) is 0 Å². The van der Waals surface area contributed by atoms with E-state index < -0.39 is 15.9 Å². The summed E-state index contributed by atoms with van der Waals surface area (Å²) in [4.78, 5) is 27.3. The summed E-state index contributed by atoms with van der Waals surface area (Å²) in [5, 5.41) is 0. The molecule has 3 rings (SSSR count). The highest BCUT2D eigenvalue weighted by Crippen LogP contribution is 2.27. The van der Waals surface area contributed by atoms with Crippen LogP contribution >= 0.6 is 0 Å². The van der Waals surface area contributed by atoms with Crippen LogP contribution in [-0.2, 0) is 14.6 Å². The number of urea groups is 1. The Kier molecular flexibility index (Phi) is 3.06. The minimum absolute atomic E-state index is 0.122.